The van der Waals surface area contributed by atoms with Gasteiger partial charge in [0.1, 0.15) is 5.75 Å². The molecule has 18 heavy (non-hydrogen) atoms. The van der Waals surface area contributed by atoms with Crippen molar-refractivity contribution in [3.8, 4) is 5.75 Å². The lowest BCUT2D eigenvalue weighted by molar-refractivity contribution is 0.306. The topological polar surface area (TPSA) is 9.23 Å². The number of aryl methyl sites for hydroxylation is 1. The normalized spacial score (nSPS) is 12.6. The quantitative estimate of drug-likeness (QED) is 0.732. The Morgan fingerprint density at radius 3 is 2.22 bits per heavy atom. The molecular formula is C13H19BF3O-. The van der Waals surface area contributed by atoms with Crippen LogP contribution in [0.1, 0.15) is 38.8 Å². The molecule has 102 valence electrons. The fourth-order valence-electron chi connectivity index (χ4n) is 1.69. The van der Waals surface area contributed by atoms with Crippen LogP contribution in [0.25, 0.3) is 0 Å². The van der Waals surface area contributed by atoms with Crippen LogP contribution >= 0.6 is 0 Å². The third-order valence-electron chi connectivity index (χ3n) is 2.69. The van der Waals surface area contributed by atoms with Crippen molar-refractivity contribution in [1.29, 1.82) is 0 Å². The van der Waals surface area contributed by atoms with Gasteiger partial charge in [-0.25, -0.2) is 0 Å². The summed E-state index contributed by atoms with van der Waals surface area (Å²) in [7, 11) is 0. The Hall–Kier alpha value is -1.13. The van der Waals surface area contributed by atoms with Crippen molar-refractivity contribution >= 4 is 6.98 Å². The van der Waals surface area contributed by atoms with Crippen LogP contribution in [-0.4, -0.2) is 13.5 Å². The van der Waals surface area contributed by atoms with Crippen LogP contribution in [-0.2, 0) is 11.8 Å². The molecule has 0 saturated heterocycles. The summed E-state index contributed by atoms with van der Waals surface area (Å²) in [6, 6.07) is 5.38. The zero-order chi connectivity index (χ0) is 14.0. The maximum Gasteiger partial charge on any atom is 0.515 e. The second kappa shape index (κ2) is 5.25. The van der Waals surface area contributed by atoms with Gasteiger partial charge in [-0.15, -0.1) is 0 Å². The lowest BCUT2D eigenvalue weighted by Crippen LogP contribution is -2.27. The summed E-state index contributed by atoms with van der Waals surface area (Å²) >= 11 is 0. The Bertz CT molecular complexity index is 408. The van der Waals surface area contributed by atoms with Crippen LogP contribution in [0, 0.1) is 0 Å². The highest BCUT2D eigenvalue weighted by Crippen LogP contribution is 2.32. The molecule has 0 radical (unpaired) electrons. The minimum absolute atomic E-state index is 0.237. The van der Waals surface area contributed by atoms with Crippen LogP contribution < -0.4 is 4.74 Å². The molecule has 0 fully saturated rings. The molecule has 0 bridgehead atoms. The van der Waals surface area contributed by atoms with Crippen molar-refractivity contribution in [3.63, 3.8) is 0 Å². The summed E-state index contributed by atoms with van der Waals surface area (Å²) < 4.78 is 41.7. The number of hydrogen-bond acceptors (Lipinski definition) is 1. The summed E-state index contributed by atoms with van der Waals surface area (Å²) in [6.45, 7) is 1.81. The molecule has 0 aliphatic rings. The van der Waals surface area contributed by atoms with Crippen molar-refractivity contribution in [3.05, 3.63) is 29.3 Å². The lowest BCUT2D eigenvalue weighted by Gasteiger charge is -2.25. The summed E-state index contributed by atoms with van der Waals surface area (Å²) in [4.78, 5) is 0. The van der Waals surface area contributed by atoms with E-state index in [1.807, 2.05) is 39.8 Å². The van der Waals surface area contributed by atoms with Crippen LogP contribution in [0.4, 0.5) is 12.9 Å². The highest BCUT2D eigenvalue weighted by atomic mass is 19.4. The number of rotatable bonds is 4. The monoisotopic (exact) mass is 259 g/mol. The van der Waals surface area contributed by atoms with E-state index in [-0.39, 0.29) is 5.41 Å². The van der Waals surface area contributed by atoms with Gasteiger partial charge in [0, 0.05) is 0 Å². The van der Waals surface area contributed by atoms with E-state index in [2.05, 4.69) is 0 Å². The van der Waals surface area contributed by atoms with Gasteiger partial charge < -0.3 is 17.7 Å². The molecule has 0 aromatic heterocycles. The van der Waals surface area contributed by atoms with Gasteiger partial charge in [0.2, 0.25) is 0 Å². The highest BCUT2D eigenvalue weighted by molar-refractivity contribution is 6.58. The SMILES string of the molecule is CCc1ccc(OC[B-](F)(F)F)c(C(C)(C)C)c1. The van der Waals surface area contributed by atoms with E-state index in [4.69, 9.17) is 4.74 Å². The van der Waals surface area contributed by atoms with E-state index in [1.54, 1.807) is 6.07 Å². The average molecular weight is 259 g/mol. The molecule has 0 aliphatic carbocycles. The number of benzene rings is 1. The molecule has 1 rings (SSSR count). The van der Waals surface area contributed by atoms with Gasteiger partial charge in [-0.1, -0.05) is 39.8 Å². The van der Waals surface area contributed by atoms with E-state index in [0.717, 1.165) is 17.5 Å². The minimum atomic E-state index is -4.92. The van der Waals surface area contributed by atoms with Crippen molar-refractivity contribution in [2.75, 3.05) is 6.51 Å². The van der Waals surface area contributed by atoms with E-state index in [1.165, 1.54) is 0 Å². The summed E-state index contributed by atoms with van der Waals surface area (Å²) in [5.41, 5.74) is 1.69. The Morgan fingerprint density at radius 2 is 1.78 bits per heavy atom. The maximum absolute atomic E-state index is 12.3. The fraction of sp³-hybridized carbons (Fsp3) is 0.538. The molecule has 1 aromatic carbocycles. The van der Waals surface area contributed by atoms with E-state index >= 15 is 0 Å². The van der Waals surface area contributed by atoms with Gasteiger partial charge in [-0.2, -0.15) is 0 Å². The van der Waals surface area contributed by atoms with Gasteiger partial charge in [0.05, 0.1) is 6.51 Å². The Labute approximate surface area is 106 Å². The minimum Gasteiger partial charge on any atom is -0.521 e. The predicted octanol–water partition coefficient (Wildman–Crippen LogP) is 4.31. The molecule has 5 heteroatoms. The second-order valence-corrected chi connectivity index (χ2v) is 5.46. The molecule has 1 nitrogen and oxygen atoms in total. The Kier molecular flexibility index (Phi) is 4.35. The van der Waals surface area contributed by atoms with E-state index < -0.39 is 13.5 Å². The summed E-state index contributed by atoms with van der Waals surface area (Å²) in [6.07, 6.45) is 0.854. The molecule has 1 aromatic rings. The van der Waals surface area contributed by atoms with Crippen LogP contribution in [0.15, 0.2) is 18.2 Å². The first kappa shape index (κ1) is 14.9. The van der Waals surface area contributed by atoms with Crippen LogP contribution in [0.5, 0.6) is 5.75 Å². The van der Waals surface area contributed by atoms with Crippen molar-refractivity contribution in [1.82, 2.24) is 0 Å². The average Bonchev–Trinajstić information content (AvgIpc) is 2.24. The third kappa shape index (κ3) is 4.28. The van der Waals surface area contributed by atoms with Gasteiger partial charge in [0.25, 0.3) is 0 Å². The predicted molar refractivity (Wildman–Crippen MR) is 69.1 cm³/mol. The molecule has 0 atom stereocenters. The lowest BCUT2D eigenvalue weighted by atomic mass is 9.85. The van der Waals surface area contributed by atoms with Crippen LogP contribution in [0.2, 0.25) is 0 Å². The highest BCUT2D eigenvalue weighted by Gasteiger charge is 2.26. The van der Waals surface area contributed by atoms with Gasteiger partial charge in [0.15, 0.2) is 0 Å². The first-order chi connectivity index (χ1) is 8.13. The zero-order valence-electron chi connectivity index (χ0n) is 11.3. The summed E-state index contributed by atoms with van der Waals surface area (Å²) in [5, 5.41) is 0. The first-order valence-electron chi connectivity index (χ1n) is 6.10. The fourth-order valence-corrected chi connectivity index (χ4v) is 1.69. The van der Waals surface area contributed by atoms with Crippen molar-refractivity contribution < 1.29 is 17.7 Å². The molecule has 0 spiro atoms. The molecule has 0 aliphatic heterocycles. The molecule has 0 N–H and O–H groups in total. The standard InChI is InChI=1S/C13H19BF3O/c1-5-10-6-7-12(18-9-14(15,16)17)11(8-10)13(2,3)4/h6-8H,5,9H2,1-4H3/q-1. The van der Waals surface area contributed by atoms with Gasteiger partial charge in [-0.3, -0.25) is 0 Å². The van der Waals surface area contributed by atoms with E-state index in [9.17, 15) is 12.9 Å². The molecule has 0 saturated carbocycles. The smallest absolute Gasteiger partial charge is 0.515 e. The number of hydrogen-bond donors (Lipinski definition) is 0. The molecule has 0 heterocycles. The Balaban J connectivity index is 3.03. The van der Waals surface area contributed by atoms with Crippen molar-refractivity contribution in [2.45, 2.75) is 39.5 Å². The Morgan fingerprint density at radius 1 is 1.17 bits per heavy atom. The first-order valence-corrected chi connectivity index (χ1v) is 6.10. The molecule has 0 amide bonds. The van der Waals surface area contributed by atoms with Crippen molar-refractivity contribution in [2.24, 2.45) is 0 Å². The summed E-state index contributed by atoms with van der Waals surface area (Å²) in [5.74, 6) is 0.332. The number of halogens is 3. The van der Waals surface area contributed by atoms with E-state index in [0.29, 0.717) is 5.75 Å². The second-order valence-electron chi connectivity index (χ2n) is 5.46. The maximum atomic E-state index is 12.3. The molecule has 0 unspecified atom stereocenters. The zero-order valence-corrected chi connectivity index (χ0v) is 11.3. The number of ether oxygens (including phenoxy) is 1. The van der Waals surface area contributed by atoms with Gasteiger partial charge in [-0.05, 0) is 29.0 Å². The van der Waals surface area contributed by atoms with Crippen LogP contribution in [0.3, 0.4) is 0 Å². The third-order valence-corrected chi connectivity index (χ3v) is 2.69. The molecular weight excluding hydrogens is 240 g/mol. The van der Waals surface area contributed by atoms with Gasteiger partial charge >= 0.3 is 6.98 Å². The largest absolute Gasteiger partial charge is 0.521 e.